The standard InChI is InChI=1S/C12H24O4/c1-3-11(2)7-5-4-6-8-15-9-10-16-12(13)14/h11H,3-10H2,1-2H3,(H,13,14)/p-1. The van der Waals surface area contributed by atoms with E-state index in [1.165, 1.54) is 25.7 Å². The lowest BCUT2D eigenvalue weighted by Crippen LogP contribution is -2.25. The molecule has 0 amide bonds. The van der Waals surface area contributed by atoms with Crippen molar-refractivity contribution < 1.29 is 19.4 Å². The van der Waals surface area contributed by atoms with Crippen LogP contribution in [0.4, 0.5) is 4.79 Å². The van der Waals surface area contributed by atoms with Crippen LogP contribution in [0.2, 0.25) is 0 Å². The van der Waals surface area contributed by atoms with Crippen LogP contribution in [-0.2, 0) is 9.47 Å². The molecule has 0 saturated carbocycles. The minimum atomic E-state index is -1.49. The molecule has 0 bridgehead atoms. The van der Waals surface area contributed by atoms with Crippen LogP contribution in [0.15, 0.2) is 0 Å². The molecule has 0 aromatic rings. The Kier molecular flexibility index (Phi) is 10.2. The van der Waals surface area contributed by atoms with Gasteiger partial charge < -0.3 is 19.4 Å². The van der Waals surface area contributed by atoms with Crippen LogP contribution in [0.5, 0.6) is 0 Å². The summed E-state index contributed by atoms with van der Waals surface area (Å²) in [6.07, 6.45) is 4.49. The second-order valence-corrected chi connectivity index (χ2v) is 4.07. The quantitative estimate of drug-likeness (QED) is 0.426. The number of carboxylic acid groups (broad SMARTS) is 1. The summed E-state index contributed by atoms with van der Waals surface area (Å²) in [4.78, 5) is 9.88. The Labute approximate surface area is 97.9 Å². The first kappa shape index (κ1) is 15.2. The molecule has 0 aromatic carbocycles. The first-order valence-electron chi connectivity index (χ1n) is 6.08. The van der Waals surface area contributed by atoms with Crippen molar-refractivity contribution in [2.24, 2.45) is 5.92 Å². The van der Waals surface area contributed by atoms with Crippen LogP contribution in [0.1, 0.15) is 46.0 Å². The van der Waals surface area contributed by atoms with E-state index < -0.39 is 6.16 Å². The fourth-order valence-electron chi connectivity index (χ4n) is 1.36. The Morgan fingerprint density at radius 3 is 2.56 bits per heavy atom. The second kappa shape index (κ2) is 10.7. The molecule has 0 aliphatic carbocycles. The third kappa shape index (κ3) is 11.3. The highest BCUT2D eigenvalue weighted by Gasteiger charge is 1.97. The number of ether oxygens (including phenoxy) is 2. The minimum Gasteiger partial charge on any atom is -0.547 e. The van der Waals surface area contributed by atoms with Crippen molar-refractivity contribution in [3.8, 4) is 0 Å². The molecule has 0 spiro atoms. The maximum Gasteiger partial charge on any atom is 0.252 e. The normalized spacial score (nSPS) is 12.4. The van der Waals surface area contributed by atoms with Crippen molar-refractivity contribution in [3.05, 3.63) is 0 Å². The van der Waals surface area contributed by atoms with E-state index in [9.17, 15) is 9.90 Å². The third-order valence-electron chi connectivity index (χ3n) is 2.63. The molecular weight excluding hydrogens is 208 g/mol. The van der Waals surface area contributed by atoms with Gasteiger partial charge in [0.15, 0.2) is 0 Å². The van der Waals surface area contributed by atoms with Gasteiger partial charge in [-0.05, 0) is 12.3 Å². The van der Waals surface area contributed by atoms with Crippen LogP contribution in [-0.4, -0.2) is 26.0 Å². The van der Waals surface area contributed by atoms with Crippen molar-refractivity contribution in [1.82, 2.24) is 0 Å². The predicted octanol–water partition coefficient (Wildman–Crippen LogP) is 1.97. The van der Waals surface area contributed by atoms with Gasteiger partial charge in [0.2, 0.25) is 0 Å². The molecule has 0 radical (unpaired) electrons. The maximum absolute atomic E-state index is 9.88. The molecule has 0 heterocycles. The van der Waals surface area contributed by atoms with Crippen molar-refractivity contribution in [1.29, 1.82) is 0 Å². The van der Waals surface area contributed by atoms with E-state index in [4.69, 9.17) is 4.74 Å². The lowest BCUT2D eigenvalue weighted by molar-refractivity contribution is -0.283. The van der Waals surface area contributed by atoms with Gasteiger partial charge in [0.05, 0.1) is 13.2 Å². The van der Waals surface area contributed by atoms with Crippen LogP contribution < -0.4 is 5.11 Å². The molecular formula is C12H23O4-. The molecule has 0 saturated heterocycles. The zero-order chi connectivity index (χ0) is 12.2. The lowest BCUT2D eigenvalue weighted by atomic mass is 10.0. The molecule has 0 rings (SSSR count). The Hall–Kier alpha value is -0.770. The monoisotopic (exact) mass is 231 g/mol. The summed E-state index contributed by atoms with van der Waals surface area (Å²) in [6.45, 7) is 5.55. The van der Waals surface area contributed by atoms with E-state index in [1.807, 2.05) is 0 Å². The van der Waals surface area contributed by atoms with Gasteiger partial charge in [-0.3, -0.25) is 0 Å². The van der Waals surface area contributed by atoms with E-state index in [0.717, 1.165) is 12.3 Å². The molecule has 16 heavy (non-hydrogen) atoms. The van der Waals surface area contributed by atoms with E-state index in [0.29, 0.717) is 13.2 Å². The number of hydrogen-bond donors (Lipinski definition) is 0. The van der Waals surface area contributed by atoms with Crippen molar-refractivity contribution in [2.75, 3.05) is 19.8 Å². The molecule has 0 fully saturated rings. The number of carbonyl (C=O) groups excluding carboxylic acids is 1. The number of unbranched alkanes of at least 4 members (excludes halogenated alkanes) is 2. The highest BCUT2D eigenvalue weighted by molar-refractivity contribution is 5.53. The van der Waals surface area contributed by atoms with Crippen LogP contribution in [0.3, 0.4) is 0 Å². The fraction of sp³-hybridized carbons (Fsp3) is 0.917. The van der Waals surface area contributed by atoms with Crippen LogP contribution >= 0.6 is 0 Å². The summed E-state index contributed by atoms with van der Waals surface area (Å²) in [5.74, 6) is 0.817. The largest absolute Gasteiger partial charge is 0.547 e. The van der Waals surface area contributed by atoms with Gasteiger partial charge >= 0.3 is 0 Å². The third-order valence-corrected chi connectivity index (χ3v) is 2.63. The van der Waals surface area contributed by atoms with E-state index >= 15 is 0 Å². The molecule has 4 nitrogen and oxygen atoms in total. The van der Waals surface area contributed by atoms with Crippen molar-refractivity contribution in [2.45, 2.75) is 46.0 Å². The van der Waals surface area contributed by atoms with Gasteiger partial charge in [-0.25, -0.2) is 0 Å². The highest BCUT2D eigenvalue weighted by atomic mass is 16.7. The Morgan fingerprint density at radius 2 is 1.94 bits per heavy atom. The molecule has 0 aliphatic rings. The number of hydrogen-bond acceptors (Lipinski definition) is 4. The topological polar surface area (TPSA) is 58.6 Å². The zero-order valence-electron chi connectivity index (χ0n) is 10.4. The molecule has 0 aromatic heterocycles. The first-order valence-corrected chi connectivity index (χ1v) is 6.08. The van der Waals surface area contributed by atoms with Gasteiger partial charge in [0.1, 0.15) is 0 Å². The summed E-state index contributed by atoms with van der Waals surface area (Å²) >= 11 is 0. The average Bonchev–Trinajstić information content (AvgIpc) is 2.26. The summed E-state index contributed by atoms with van der Waals surface area (Å²) in [5, 5.41) is 9.88. The lowest BCUT2D eigenvalue weighted by Gasteiger charge is -2.09. The Morgan fingerprint density at radius 1 is 1.19 bits per heavy atom. The average molecular weight is 231 g/mol. The Bertz CT molecular complexity index is 170. The van der Waals surface area contributed by atoms with Crippen molar-refractivity contribution >= 4 is 6.16 Å². The molecule has 1 atom stereocenters. The molecule has 96 valence electrons. The highest BCUT2D eigenvalue weighted by Crippen LogP contribution is 2.11. The van der Waals surface area contributed by atoms with Gasteiger partial charge in [-0.2, -0.15) is 0 Å². The first-order chi connectivity index (χ1) is 7.66. The van der Waals surface area contributed by atoms with Gasteiger partial charge in [-0.1, -0.05) is 39.5 Å². The van der Waals surface area contributed by atoms with Gasteiger partial charge in [0.25, 0.3) is 6.16 Å². The fourth-order valence-corrected chi connectivity index (χ4v) is 1.36. The maximum atomic E-state index is 9.88. The van der Waals surface area contributed by atoms with Crippen molar-refractivity contribution in [3.63, 3.8) is 0 Å². The SMILES string of the molecule is CCC(C)CCCCCOCCOC(=O)[O-]. The minimum absolute atomic E-state index is 0.0647. The number of rotatable bonds is 10. The summed E-state index contributed by atoms with van der Waals surface area (Å²) in [5.41, 5.74) is 0. The van der Waals surface area contributed by atoms with E-state index in [1.54, 1.807) is 0 Å². The summed E-state index contributed by atoms with van der Waals surface area (Å²) in [7, 11) is 0. The molecule has 4 heteroatoms. The Balaban J connectivity index is 3.01. The summed E-state index contributed by atoms with van der Waals surface area (Å²) < 4.78 is 9.40. The zero-order valence-corrected chi connectivity index (χ0v) is 10.4. The van der Waals surface area contributed by atoms with Crippen LogP contribution in [0, 0.1) is 5.92 Å². The summed E-state index contributed by atoms with van der Waals surface area (Å²) in [6, 6.07) is 0. The van der Waals surface area contributed by atoms with Crippen LogP contribution in [0.25, 0.3) is 0 Å². The van der Waals surface area contributed by atoms with Gasteiger partial charge in [-0.15, -0.1) is 0 Å². The number of carbonyl (C=O) groups is 1. The molecule has 0 N–H and O–H groups in total. The second-order valence-electron chi connectivity index (χ2n) is 4.07. The molecule has 1 unspecified atom stereocenters. The molecule has 0 aliphatic heterocycles. The van der Waals surface area contributed by atoms with Gasteiger partial charge in [0, 0.05) is 6.61 Å². The smallest absolute Gasteiger partial charge is 0.252 e. The predicted molar refractivity (Wildman–Crippen MR) is 60.1 cm³/mol. The van der Waals surface area contributed by atoms with E-state index in [2.05, 4.69) is 18.6 Å². The van der Waals surface area contributed by atoms with E-state index in [-0.39, 0.29) is 6.61 Å².